The van der Waals surface area contributed by atoms with Gasteiger partial charge in [0.25, 0.3) is 5.91 Å². The number of aryl methyl sites for hydroxylation is 1. The van der Waals surface area contributed by atoms with Crippen LogP contribution in [-0.2, 0) is 6.42 Å². The molecular formula is C19H19FN4O2S. The summed E-state index contributed by atoms with van der Waals surface area (Å²) in [5.74, 6) is 0.553. The molecule has 1 aliphatic rings. The molecule has 4 rings (SSSR count). The summed E-state index contributed by atoms with van der Waals surface area (Å²) < 4.78 is 19.2. The zero-order chi connectivity index (χ0) is 18.8. The van der Waals surface area contributed by atoms with Gasteiger partial charge in [-0.25, -0.2) is 9.37 Å². The minimum absolute atomic E-state index is 0.0263. The van der Waals surface area contributed by atoms with Crippen molar-refractivity contribution in [2.45, 2.75) is 26.2 Å². The molecule has 1 fully saturated rings. The summed E-state index contributed by atoms with van der Waals surface area (Å²) in [6.07, 6.45) is 2.48. The Bertz CT molecular complexity index is 955. The first-order valence-corrected chi connectivity index (χ1v) is 9.77. The van der Waals surface area contributed by atoms with E-state index in [1.165, 1.54) is 17.4 Å². The van der Waals surface area contributed by atoms with Gasteiger partial charge in [-0.1, -0.05) is 17.3 Å². The molecule has 2 aromatic heterocycles. The zero-order valence-electron chi connectivity index (χ0n) is 14.9. The normalized spacial score (nSPS) is 17.3. The second-order valence-corrected chi connectivity index (χ2v) is 7.77. The minimum Gasteiger partial charge on any atom is -0.339 e. The quantitative estimate of drug-likeness (QED) is 0.683. The standard InChI is InChI=1S/C19H19FN4O2S/c1-12-21-16(11-27-12)19(25)24-8-4-5-13(10-24)9-17-22-18(23-26-17)14-6-2-3-7-15(14)20/h2-3,6-7,11,13H,4-5,8-10H2,1H3/t13-/m0/s1. The summed E-state index contributed by atoms with van der Waals surface area (Å²) in [4.78, 5) is 23.1. The molecule has 1 saturated heterocycles. The van der Waals surface area contributed by atoms with Crippen LogP contribution in [0.1, 0.15) is 34.2 Å². The van der Waals surface area contributed by atoms with E-state index in [0.29, 0.717) is 30.1 Å². The van der Waals surface area contributed by atoms with Crippen LogP contribution in [0.25, 0.3) is 11.4 Å². The SMILES string of the molecule is Cc1nc(C(=O)N2CCC[C@@H](Cc3nc(-c4ccccc4F)no3)C2)cs1. The Morgan fingerprint density at radius 3 is 3.00 bits per heavy atom. The van der Waals surface area contributed by atoms with Gasteiger partial charge in [0, 0.05) is 24.9 Å². The van der Waals surface area contributed by atoms with Crippen LogP contribution in [0.2, 0.25) is 0 Å². The van der Waals surface area contributed by atoms with E-state index < -0.39 is 0 Å². The van der Waals surface area contributed by atoms with Crippen LogP contribution in [0.5, 0.6) is 0 Å². The molecule has 0 spiro atoms. The van der Waals surface area contributed by atoms with Gasteiger partial charge in [-0.05, 0) is 37.8 Å². The van der Waals surface area contributed by atoms with Crippen LogP contribution in [-0.4, -0.2) is 39.0 Å². The topological polar surface area (TPSA) is 72.1 Å². The molecule has 0 radical (unpaired) electrons. The third kappa shape index (κ3) is 3.90. The molecule has 1 amide bonds. The number of likely N-dealkylation sites (tertiary alicyclic amines) is 1. The number of aromatic nitrogens is 3. The third-order valence-corrected chi connectivity index (χ3v) is 5.46. The Labute approximate surface area is 160 Å². The second-order valence-electron chi connectivity index (χ2n) is 6.71. The number of hydrogen-bond donors (Lipinski definition) is 0. The average molecular weight is 386 g/mol. The van der Waals surface area contributed by atoms with Crippen LogP contribution < -0.4 is 0 Å². The smallest absolute Gasteiger partial charge is 0.273 e. The van der Waals surface area contributed by atoms with Crippen molar-refractivity contribution in [1.82, 2.24) is 20.0 Å². The lowest BCUT2D eigenvalue weighted by atomic mass is 9.94. The van der Waals surface area contributed by atoms with E-state index in [1.807, 2.05) is 11.8 Å². The fraction of sp³-hybridized carbons (Fsp3) is 0.368. The monoisotopic (exact) mass is 386 g/mol. The van der Waals surface area contributed by atoms with Crippen molar-refractivity contribution in [3.8, 4) is 11.4 Å². The molecule has 3 heterocycles. The van der Waals surface area contributed by atoms with Gasteiger partial charge in [0.05, 0.1) is 10.6 Å². The summed E-state index contributed by atoms with van der Waals surface area (Å²) in [5.41, 5.74) is 0.838. The Kier molecular flexibility index (Phi) is 4.98. The molecule has 3 aromatic rings. The molecule has 6 nitrogen and oxygen atoms in total. The van der Waals surface area contributed by atoms with Crippen LogP contribution in [0.15, 0.2) is 34.2 Å². The summed E-state index contributed by atoms with van der Waals surface area (Å²) in [6, 6.07) is 6.35. The van der Waals surface area contributed by atoms with E-state index in [4.69, 9.17) is 4.52 Å². The number of piperidine rings is 1. The Hall–Kier alpha value is -2.61. The third-order valence-electron chi connectivity index (χ3n) is 4.69. The van der Waals surface area contributed by atoms with Gasteiger partial charge in [0.15, 0.2) is 0 Å². The van der Waals surface area contributed by atoms with Crippen molar-refractivity contribution >= 4 is 17.2 Å². The first-order valence-electron chi connectivity index (χ1n) is 8.89. The van der Waals surface area contributed by atoms with Gasteiger partial charge in [-0.15, -0.1) is 11.3 Å². The number of benzene rings is 1. The number of thiazole rings is 1. The van der Waals surface area contributed by atoms with E-state index in [0.717, 1.165) is 24.4 Å². The molecule has 1 atom stereocenters. The summed E-state index contributed by atoms with van der Waals surface area (Å²) >= 11 is 1.48. The van der Waals surface area contributed by atoms with Crippen molar-refractivity contribution in [2.75, 3.05) is 13.1 Å². The highest BCUT2D eigenvalue weighted by atomic mass is 32.1. The Balaban J connectivity index is 1.43. The maximum atomic E-state index is 13.9. The highest BCUT2D eigenvalue weighted by Gasteiger charge is 2.27. The molecule has 1 aromatic carbocycles. The highest BCUT2D eigenvalue weighted by molar-refractivity contribution is 7.09. The summed E-state index contributed by atoms with van der Waals surface area (Å²) in [6.45, 7) is 3.26. The zero-order valence-corrected chi connectivity index (χ0v) is 15.7. The van der Waals surface area contributed by atoms with Gasteiger partial charge in [-0.3, -0.25) is 4.79 Å². The molecule has 27 heavy (non-hydrogen) atoms. The minimum atomic E-state index is -0.377. The van der Waals surface area contributed by atoms with Gasteiger partial charge < -0.3 is 9.42 Å². The molecule has 1 aliphatic heterocycles. The number of rotatable bonds is 4. The average Bonchev–Trinajstić information content (AvgIpc) is 3.31. The molecule has 0 bridgehead atoms. The van der Waals surface area contributed by atoms with Crippen LogP contribution in [0.4, 0.5) is 4.39 Å². The predicted molar refractivity (Wildman–Crippen MR) is 98.9 cm³/mol. The number of carbonyl (C=O) groups is 1. The fourth-order valence-electron chi connectivity index (χ4n) is 3.38. The van der Waals surface area contributed by atoms with Crippen molar-refractivity contribution < 1.29 is 13.7 Å². The summed E-state index contributed by atoms with van der Waals surface area (Å²) in [7, 11) is 0. The number of hydrogen-bond acceptors (Lipinski definition) is 6. The van der Waals surface area contributed by atoms with Crippen LogP contribution >= 0.6 is 11.3 Å². The first-order chi connectivity index (χ1) is 13.1. The molecule has 0 aliphatic carbocycles. The lowest BCUT2D eigenvalue weighted by Crippen LogP contribution is -2.40. The Morgan fingerprint density at radius 1 is 1.37 bits per heavy atom. The lowest BCUT2D eigenvalue weighted by Gasteiger charge is -2.31. The predicted octanol–water partition coefficient (Wildman–Crippen LogP) is 3.74. The second kappa shape index (κ2) is 7.56. The van der Waals surface area contributed by atoms with Gasteiger partial charge >= 0.3 is 0 Å². The number of halogens is 1. The van der Waals surface area contributed by atoms with E-state index >= 15 is 0 Å². The molecule has 0 saturated carbocycles. The van der Waals surface area contributed by atoms with E-state index in [9.17, 15) is 9.18 Å². The van der Waals surface area contributed by atoms with Gasteiger partial charge in [0.1, 0.15) is 11.5 Å². The van der Waals surface area contributed by atoms with Crippen LogP contribution in [0.3, 0.4) is 0 Å². The number of amides is 1. The fourth-order valence-corrected chi connectivity index (χ4v) is 3.96. The highest BCUT2D eigenvalue weighted by Crippen LogP contribution is 2.24. The Morgan fingerprint density at radius 2 is 2.22 bits per heavy atom. The first kappa shape index (κ1) is 17.8. The molecule has 0 N–H and O–H groups in total. The molecule has 8 heteroatoms. The lowest BCUT2D eigenvalue weighted by molar-refractivity contribution is 0.0663. The maximum absolute atomic E-state index is 13.9. The molecular weight excluding hydrogens is 367 g/mol. The van der Waals surface area contributed by atoms with Crippen LogP contribution in [0, 0.1) is 18.7 Å². The number of nitrogens with zero attached hydrogens (tertiary/aromatic N) is 4. The van der Waals surface area contributed by atoms with Crippen molar-refractivity contribution in [1.29, 1.82) is 0 Å². The molecule has 140 valence electrons. The van der Waals surface area contributed by atoms with Crippen molar-refractivity contribution in [2.24, 2.45) is 5.92 Å². The van der Waals surface area contributed by atoms with E-state index in [2.05, 4.69) is 15.1 Å². The van der Waals surface area contributed by atoms with Crippen molar-refractivity contribution in [3.63, 3.8) is 0 Å². The van der Waals surface area contributed by atoms with Gasteiger partial charge in [-0.2, -0.15) is 4.98 Å². The van der Waals surface area contributed by atoms with E-state index in [-0.39, 0.29) is 23.5 Å². The molecule has 0 unspecified atom stereocenters. The largest absolute Gasteiger partial charge is 0.339 e. The number of carbonyl (C=O) groups excluding carboxylic acids is 1. The van der Waals surface area contributed by atoms with E-state index in [1.54, 1.807) is 23.6 Å². The van der Waals surface area contributed by atoms with Gasteiger partial charge in [0.2, 0.25) is 11.7 Å². The summed E-state index contributed by atoms with van der Waals surface area (Å²) in [5, 5.41) is 6.59. The maximum Gasteiger partial charge on any atom is 0.273 e. The van der Waals surface area contributed by atoms with Crippen molar-refractivity contribution in [3.05, 3.63) is 52.1 Å².